The molecule has 0 aliphatic carbocycles. The lowest BCUT2D eigenvalue weighted by Crippen LogP contribution is -2.59. The van der Waals surface area contributed by atoms with Crippen molar-refractivity contribution >= 4 is 0 Å². The number of aliphatic hydroxyl groups excluding tert-OH is 6. The first kappa shape index (κ1) is 16.5. The van der Waals surface area contributed by atoms with E-state index in [0.717, 1.165) is 0 Å². The van der Waals surface area contributed by atoms with Crippen molar-refractivity contribution < 1.29 is 40.1 Å². The van der Waals surface area contributed by atoms with Gasteiger partial charge in [-0.15, -0.1) is 0 Å². The molecule has 8 nitrogen and oxygen atoms in total. The summed E-state index contributed by atoms with van der Waals surface area (Å²) in [6, 6.07) is 0. The van der Waals surface area contributed by atoms with Gasteiger partial charge in [-0.2, -0.15) is 0 Å². The summed E-state index contributed by atoms with van der Waals surface area (Å²) in [5.41, 5.74) is 0.166. The van der Waals surface area contributed by atoms with Gasteiger partial charge in [-0.1, -0.05) is 6.58 Å². The van der Waals surface area contributed by atoms with Gasteiger partial charge in [-0.25, -0.2) is 0 Å². The van der Waals surface area contributed by atoms with Crippen LogP contribution in [0.3, 0.4) is 0 Å². The Morgan fingerprint density at radius 2 is 1.79 bits per heavy atom. The van der Waals surface area contributed by atoms with Crippen molar-refractivity contribution in [2.45, 2.75) is 36.8 Å². The van der Waals surface area contributed by atoms with Crippen LogP contribution in [0, 0.1) is 0 Å². The molecule has 1 rings (SSSR count). The molecule has 0 saturated carbocycles. The van der Waals surface area contributed by atoms with Crippen molar-refractivity contribution in [2.24, 2.45) is 0 Å². The van der Waals surface area contributed by atoms with Crippen LogP contribution in [0.25, 0.3) is 0 Å². The Morgan fingerprint density at radius 3 is 2.32 bits per heavy atom. The standard InChI is InChI=1S/C11H20O8/c1-5(6(14)2-12)4-18-11-10(17)9(16)8(15)7(3-13)19-11/h6-17H,1-4H2/t6-,7-,8+,9+,10-,11-/m1/s1. The van der Waals surface area contributed by atoms with Crippen LogP contribution in [0.4, 0.5) is 0 Å². The smallest absolute Gasteiger partial charge is 0.187 e. The number of hydrogen-bond donors (Lipinski definition) is 6. The predicted octanol–water partition coefficient (Wildman–Crippen LogP) is -3.29. The van der Waals surface area contributed by atoms with Crippen molar-refractivity contribution in [3.05, 3.63) is 12.2 Å². The molecule has 1 aliphatic heterocycles. The Morgan fingerprint density at radius 1 is 1.16 bits per heavy atom. The van der Waals surface area contributed by atoms with E-state index in [4.69, 9.17) is 19.7 Å². The lowest BCUT2D eigenvalue weighted by Gasteiger charge is -2.39. The molecule has 1 heterocycles. The van der Waals surface area contributed by atoms with Gasteiger partial charge in [0.1, 0.15) is 24.4 Å². The van der Waals surface area contributed by atoms with Gasteiger partial charge in [0.25, 0.3) is 0 Å². The molecular formula is C11H20O8. The van der Waals surface area contributed by atoms with E-state index < -0.39 is 50.0 Å². The number of aliphatic hydroxyl groups is 6. The van der Waals surface area contributed by atoms with Crippen molar-refractivity contribution in [3.8, 4) is 0 Å². The van der Waals surface area contributed by atoms with Crippen LogP contribution in [-0.2, 0) is 9.47 Å². The van der Waals surface area contributed by atoms with Crippen LogP contribution in [-0.4, -0.2) is 87.3 Å². The quantitative estimate of drug-likeness (QED) is 0.278. The Kier molecular flexibility index (Phi) is 6.30. The maximum absolute atomic E-state index is 9.65. The van der Waals surface area contributed by atoms with Crippen LogP contribution >= 0.6 is 0 Å². The fourth-order valence-electron chi connectivity index (χ4n) is 1.62. The molecule has 1 fully saturated rings. The van der Waals surface area contributed by atoms with Gasteiger partial charge in [0.05, 0.1) is 25.9 Å². The summed E-state index contributed by atoms with van der Waals surface area (Å²) in [7, 11) is 0. The van der Waals surface area contributed by atoms with Gasteiger partial charge in [0.15, 0.2) is 6.29 Å². The summed E-state index contributed by atoms with van der Waals surface area (Å²) in [6.07, 6.45) is -7.97. The van der Waals surface area contributed by atoms with Gasteiger partial charge < -0.3 is 40.1 Å². The molecule has 0 radical (unpaired) electrons. The minimum absolute atomic E-state index is 0.166. The van der Waals surface area contributed by atoms with Crippen molar-refractivity contribution in [1.29, 1.82) is 0 Å². The van der Waals surface area contributed by atoms with Gasteiger partial charge in [-0.3, -0.25) is 0 Å². The summed E-state index contributed by atoms with van der Waals surface area (Å²) >= 11 is 0. The second-order valence-corrected chi connectivity index (χ2v) is 4.36. The Balaban J connectivity index is 2.55. The summed E-state index contributed by atoms with van der Waals surface area (Å²) in [5.74, 6) is 0. The molecule has 8 heteroatoms. The SMILES string of the molecule is C=C(CO[C@@H]1O[C@H](CO)[C@H](O)[C@H](O)[C@H]1O)[C@H](O)CO. The molecule has 0 bridgehead atoms. The van der Waals surface area contributed by atoms with E-state index in [0.29, 0.717) is 0 Å². The topological polar surface area (TPSA) is 140 Å². The van der Waals surface area contributed by atoms with Crippen molar-refractivity contribution in [3.63, 3.8) is 0 Å². The molecule has 112 valence electrons. The van der Waals surface area contributed by atoms with Gasteiger partial charge >= 0.3 is 0 Å². The third kappa shape index (κ3) is 3.94. The molecule has 1 saturated heterocycles. The maximum atomic E-state index is 9.65. The highest BCUT2D eigenvalue weighted by Gasteiger charge is 2.44. The highest BCUT2D eigenvalue weighted by atomic mass is 16.7. The molecule has 19 heavy (non-hydrogen) atoms. The molecule has 0 aromatic heterocycles. The molecular weight excluding hydrogens is 260 g/mol. The Bertz CT molecular complexity index is 294. The van der Waals surface area contributed by atoms with Crippen LogP contribution in [0.2, 0.25) is 0 Å². The average Bonchev–Trinajstić information content (AvgIpc) is 2.42. The van der Waals surface area contributed by atoms with E-state index in [1.54, 1.807) is 0 Å². The van der Waals surface area contributed by atoms with Crippen LogP contribution < -0.4 is 0 Å². The maximum Gasteiger partial charge on any atom is 0.187 e. The minimum atomic E-state index is -1.52. The first-order chi connectivity index (χ1) is 8.92. The van der Waals surface area contributed by atoms with Crippen LogP contribution in [0.1, 0.15) is 0 Å². The Labute approximate surface area is 110 Å². The lowest BCUT2D eigenvalue weighted by atomic mass is 9.99. The first-order valence-electron chi connectivity index (χ1n) is 5.81. The van der Waals surface area contributed by atoms with E-state index in [2.05, 4.69) is 6.58 Å². The molecule has 0 aromatic rings. The summed E-state index contributed by atoms with van der Waals surface area (Å²) in [6.45, 7) is 2.19. The number of rotatable bonds is 6. The average molecular weight is 280 g/mol. The van der Waals surface area contributed by atoms with E-state index in [-0.39, 0.29) is 12.2 Å². The zero-order valence-corrected chi connectivity index (χ0v) is 10.3. The monoisotopic (exact) mass is 280 g/mol. The third-order valence-electron chi connectivity index (χ3n) is 2.93. The number of hydrogen-bond acceptors (Lipinski definition) is 8. The summed E-state index contributed by atoms with van der Waals surface area (Å²) in [4.78, 5) is 0. The molecule has 0 amide bonds. The summed E-state index contributed by atoms with van der Waals surface area (Å²) in [5, 5.41) is 55.6. The molecule has 1 aliphatic rings. The van der Waals surface area contributed by atoms with Crippen LogP contribution in [0.5, 0.6) is 0 Å². The highest BCUT2D eigenvalue weighted by Crippen LogP contribution is 2.22. The van der Waals surface area contributed by atoms with Gasteiger partial charge in [-0.05, 0) is 5.57 Å². The Hall–Kier alpha value is -0.580. The van der Waals surface area contributed by atoms with E-state index in [1.807, 2.05) is 0 Å². The molecule has 0 spiro atoms. The second-order valence-electron chi connectivity index (χ2n) is 4.36. The highest BCUT2D eigenvalue weighted by molar-refractivity contribution is 5.02. The lowest BCUT2D eigenvalue weighted by molar-refractivity contribution is -0.299. The first-order valence-corrected chi connectivity index (χ1v) is 5.81. The third-order valence-corrected chi connectivity index (χ3v) is 2.93. The van der Waals surface area contributed by atoms with Gasteiger partial charge in [0, 0.05) is 0 Å². The fraction of sp³-hybridized carbons (Fsp3) is 0.818. The zero-order chi connectivity index (χ0) is 14.6. The van der Waals surface area contributed by atoms with Gasteiger partial charge in [0.2, 0.25) is 0 Å². The second kappa shape index (κ2) is 7.27. The predicted molar refractivity (Wildman–Crippen MR) is 62.0 cm³/mol. The number of ether oxygens (including phenoxy) is 2. The molecule has 6 N–H and O–H groups in total. The minimum Gasteiger partial charge on any atom is -0.394 e. The van der Waals surface area contributed by atoms with Crippen molar-refractivity contribution in [1.82, 2.24) is 0 Å². The van der Waals surface area contributed by atoms with Crippen LogP contribution in [0.15, 0.2) is 12.2 Å². The molecule has 0 aromatic carbocycles. The fourth-order valence-corrected chi connectivity index (χ4v) is 1.62. The molecule has 0 unspecified atom stereocenters. The largest absolute Gasteiger partial charge is 0.394 e. The zero-order valence-electron chi connectivity index (χ0n) is 10.3. The molecule has 6 atom stereocenters. The normalized spacial score (nSPS) is 37.1. The van der Waals surface area contributed by atoms with E-state index >= 15 is 0 Å². The van der Waals surface area contributed by atoms with Crippen molar-refractivity contribution in [2.75, 3.05) is 19.8 Å². The van der Waals surface area contributed by atoms with E-state index in [9.17, 15) is 20.4 Å². The summed E-state index contributed by atoms with van der Waals surface area (Å²) < 4.78 is 10.2. The van der Waals surface area contributed by atoms with E-state index in [1.165, 1.54) is 0 Å².